The van der Waals surface area contributed by atoms with Gasteiger partial charge in [-0.15, -0.1) is 0 Å². The fourth-order valence-corrected chi connectivity index (χ4v) is 3.04. The monoisotopic (exact) mass is 430 g/mol. The molecule has 2 rings (SSSR count). The molecule has 2 fully saturated rings. The number of halogens is 3. The lowest BCUT2D eigenvalue weighted by Crippen LogP contribution is -2.52. The third kappa shape index (κ3) is 4.87. The van der Waals surface area contributed by atoms with E-state index < -0.39 is 32.7 Å². The summed E-state index contributed by atoms with van der Waals surface area (Å²) in [6, 6.07) is -0.351. The van der Waals surface area contributed by atoms with Crippen LogP contribution in [-0.4, -0.2) is 63.0 Å². The second kappa shape index (κ2) is 6.85. The number of nitrogens with zero attached hydrogens (tertiary/aromatic N) is 1. The summed E-state index contributed by atoms with van der Waals surface area (Å²) in [7, 11) is 0. The summed E-state index contributed by atoms with van der Waals surface area (Å²) in [5.41, 5.74) is -2.18. The second-order valence-corrected chi connectivity index (χ2v) is 10.4. The predicted octanol–water partition coefficient (Wildman–Crippen LogP) is 3.88. The van der Waals surface area contributed by atoms with Crippen LogP contribution in [0.4, 0.5) is 4.79 Å². The molecule has 0 unspecified atom stereocenters. The molecule has 10 heteroatoms. The van der Waals surface area contributed by atoms with E-state index in [1.807, 2.05) is 6.92 Å². The lowest BCUT2D eigenvalue weighted by molar-refractivity contribution is -0.0632. The second-order valence-electron chi connectivity index (χ2n) is 8.14. The molecule has 150 valence electrons. The number of hydrogen-bond acceptors (Lipinski definition) is 6. The summed E-state index contributed by atoms with van der Waals surface area (Å²) in [5, 5.41) is 7.61. The molecule has 1 N–H and O–H groups in total. The first kappa shape index (κ1) is 21.8. The summed E-state index contributed by atoms with van der Waals surface area (Å²) in [5.74, 6) is -0.482. The smallest absolute Gasteiger partial charge is 0.412 e. The van der Waals surface area contributed by atoms with Crippen molar-refractivity contribution in [2.24, 2.45) is 0 Å². The molecule has 0 aromatic rings. The summed E-state index contributed by atoms with van der Waals surface area (Å²) in [4.78, 5) is 14.2. The Bertz CT molecular complexity index is 587. The summed E-state index contributed by atoms with van der Waals surface area (Å²) in [6.45, 7) is 11.1. The van der Waals surface area contributed by atoms with E-state index in [0.29, 0.717) is 6.61 Å². The molecule has 2 aliphatic heterocycles. The highest BCUT2D eigenvalue weighted by molar-refractivity contribution is 6.76. The lowest BCUT2D eigenvalue weighted by Gasteiger charge is -2.35. The van der Waals surface area contributed by atoms with Gasteiger partial charge in [0.2, 0.25) is 5.90 Å². The van der Waals surface area contributed by atoms with Crippen molar-refractivity contribution in [2.45, 2.75) is 74.4 Å². The van der Waals surface area contributed by atoms with Crippen LogP contribution in [0.3, 0.4) is 0 Å². The van der Waals surface area contributed by atoms with Gasteiger partial charge in [0.15, 0.2) is 0 Å². The van der Waals surface area contributed by atoms with E-state index in [2.05, 4.69) is 0 Å². The van der Waals surface area contributed by atoms with Gasteiger partial charge in [-0.2, -0.15) is 0 Å². The summed E-state index contributed by atoms with van der Waals surface area (Å²) >= 11 is 16.8. The number of hydrogen-bond donors (Lipinski definition) is 1. The van der Waals surface area contributed by atoms with Gasteiger partial charge < -0.3 is 18.9 Å². The fourth-order valence-electron chi connectivity index (χ4n) is 2.88. The van der Waals surface area contributed by atoms with Crippen molar-refractivity contribution in [1.82, 2.24) is 4.90 Å². The molecule has 0 aromatic carbocycles. The van der Waals surface area contributed by atoms with Crippen LogP contribution in [0.25, 0.3) is 0 Å². The molecule has 3 atom stereocenters. The Morgan fingerprint density at radius 2 is 1.85 bits per heavy atom. The predicted molar refractivity (Wildman–Crippen MR) is 99.1 cm³/mol. The maximum Gasteiger partial charge on any atom is 0.412 e. The van der Waals surface area contributed by atoms with Crippen molar-refractivity contribution < 1.29 is 23.7 Å². The van der Waals surface area contributed by atoms with Crippen molar-refractivity contribution in [3.05, 3.63) is 0 Å². The molecular weight excluding hydrogens is 407 g/mol. The molecule has 0 bridgehead atoms. The van der Waals surface area contributed by atoms with Gasteiger partial charge in [0.05, 0.1) is 12.6 Å². The SMILES string of the molecule is CC(C)(C)OC(=O)N1[C@H]([C@H]2O[C@@]2(C)COC(=N)C(Cl)(Cl)Cl)COC1(C)C. The van der Waals surface area contributed by atoms with Crippen molar-refractivity contribution >= 4 is 46.8 Å². The molecule has 0 spiro atoms. The van der Waals surface area contributed by atoms with E-state index in [9.17, 15) is 4.79 Å². The van der Waals surface area contributed by atoms with Crippen LogP contribution < -0.4 is 0 Å². The third-order valence-corrected chi connectivity index (χ3v) is 4.68. The van der Waals surface area contributed by atoms with Crippen molar-refractivity contribution in [3.63, 3.8) is 0 Å². The number of amides is 1. The van der Waals surface area contributed by atoms with Gasteiger partial charge in [0.1, 0.15) is 29.6 Å². The average Bonchev–Trinajstić information content (AvgIpc) is 2.98. The van der Waals surface area contributed by atoms with Crippen molar-refractivity contribution in [2.75, 3.05) is 13.2 Å². The van der Waals surface area contributed by atoms with Gasteiger partial charge in [0, 0.05) is 0 Å². The minimum absolute atomic E-state index is 0.0174. The topological polar surface area (TPSA) is 84.4 Å². The zero-order valence-electron chi connectivity index (χ0n) is 15.7. The molecule has 1 amide bonds. The first-order valence-corrected chi connectivity index (χ1v) is 9.33. The quantitative estimate of drug-likeness (QED) is 0.317. The average molecular weight is 432 g/mol. The molecule has 7 nitrogen and oxygen atoms in total. The van der Waals surface area contributed by atoms with E-state index in [0.717, 1.165) is 0 Å². The van der Waals surface area contributed by atoms with Gasteiger partial charge in [-0.25, -0.2) is 4.79 Å². The fraction of sp³-hybridized carbons (Fsp3) is 0.875. The third-order valence-electron chi connectivity index (χ3n) is 4.16. The van der Waals surface area contributed by atoms with Crippen LogP contribution in [0.5, 0.6) is 0 Å². The first-order chi connectivity index (χ1) is 11.6. The van der Waals surface area contributed by atoms with Crippen LogP contribution in [-0.2, 0) is 18.9 Å². The number of nitrogens with one attached hydrogen (secondary N) is 1. The van der Waals surface area contributed by atoms with Crippen LogP contribution in [0, 0.1) is 5.41 Å². The van der Waals surface area contributed by atoms with Gasteiger partial charge in [-0.1, -0.05) is 34.8 Å². The van der Waals surface area contributed by atoms with E-state index in [4.69, 9.17) is 59.2 Å². The van der Waals surface area contributed by atoms with Crippen LogP contribution >= 0.6 is 34.8 Å². The number of epoxide rings is 1. The molecule has 0 aromatic heterocycles. The Morgan fingerprint density at radius 3 is 2.35 bits per heavy atom. The Balaban J connectivity index is 2.06. The molecule has 0 aliphatic carbocycles. The largest absolute Gasteiger partial charge is 0.475 e. The molecule has 0 radical (unpaired) electrons. The molecule has 2 heterocycles. The van der Waals surface area contributed by atoms with Crippen LogP contribution in [0.15, 0.2) is 0 Å². The van der Waals surface area contributed by atoms with Crippen molar-refractivity contribution in [3.8, 4) is 0 Å². The van der Waals surface area contributed by atoms with E-state index in [1.54, 1.807) is 39.5 Å². The highest BCUT2D eigenvalue weighted by atomic mass is 35.6. The molecule has 2 aliphatic rings. The van der Waals surface area contributed by atoms with E-state index in [1.165, 1.54) is 0 Å². The minimum Gasteiger partial charge on any atom is -0.475 e. The highest BCUT2D eigenvalue weighted by Crippen LogP contribution is 2.45. The zero-order valence-corrected chi connectivity index (χ0v) is 18.0. The van der Waals surface area contributed by atoms with E-state index >= 15 is 0 Å². The van der Waals surface area contributed by atoms with Gasteiger partial charge >= 0.3 is 6.09 Å². The molecular formula is C16H25Cl3N2O5. The lowest BCUT2D eigenvalue weighted by atomic mass is 10.0. The maximum absolute atomic E-state index is 12.7. The number of carbonyl (C=O) groups is 1. The summed E-state index contributed by atoms with van der Waals surface area (Å²) in [6.07, 6.45) is -0.822. The van der Waals surface area contributed by atoms with E-state index in [-0.39, 0.29) is 18.8 Å². The van der Waals surface area contributed by atoms with Gasteiger partial charge in [0.25, 0.3) is 3.79 Å². The Labute approximate surface area is 168 Å². The molecule has 26 heavy (non-hydrogen) atoms. The number of alkyl halides is 3. The first-order valence-electron chi connectivity index (χ1n) is 8.19. The molecule has 2 saturated heterocycles. The Hall–Kier alpha value is -0.470. The summed E-state index contributed by atoms with van der Waals surface area (Å²) < 4.78 is 20.4. The Morgan fingerprint density at radius 1 is 1.27 bits per heavy atom. The molecule has 0 saturated carbocycles. The number of rotatable bonds is 3. The van der Waals surface area contributed by atoms with Gasteiger partial charge in [-0.3, -0.25) is 10.3 Å². The number of ether oxygens (including phenoxy) is 4. The maximum atomic E-state index is 12.7. The highest BCUT2D eigenvalue weighted by Gasteiger charge is 2.63. The zero-order chi connectivity index (χ0) is 20.1. The van der Waals surface area contributed by atoms with Gasteiger partial charge in [-0.05, 0) is 41.5 Å². The normalized spacial score (nSPS) is 30.9. The van der Waals surface area contributed by atoms with Crippen LogP contribution in [0.2, 0.25) is 0 Å². The minimum atomic E-state index is -1.93. The standard InChI is InChI=1S/C16H25Cl3N2O5/c1-13(2,3)26-12(22)21-9(7-24-14(21,4)5)10-15(6,25-10)8-23-11(20)16(17,18)19/h9-10,20H,7-8H2,1-6H3/t9-,10+,15-/m0/s1. The number of carbonyl (C=O) groups excluding carboxylic acids is 1. The Kier molecular flexibility index (Phi) is 5.75. The van der Waals surface area contributed by atoms with Crippen LogP contribution in [0.1, 0.15) is 41.5 Å². The van der Waals surface area contributed by atoms with Crippen molar-refractivity contribution in [1.29, 1.82) is 5.41 Å².